The highest BCUT2D eigenvalue weighted by atomic mass is 35.5. The van der Waals surface area contributed by atoms with Crippen LogP contribution in [-0.4, -0.2) is 12.3 Å². The second-order valence-electron chi connectivity index (χ2n) is 7.21. The average molecular weight is 450 g/mol. The number of rotatable bonds is 10. The zero-order valence-corrected chi connectivity index (χ0v) is 19.9. The highest BCUT2D eigenvalue weighted by Crippen LogP contribution is 2.35. The van der Waals surface area contributed by atoms with Gasteiger partial charge in [-0.15, -0.1) is 0 Å². The number of hydrogen-bond acceptors (Lipinski definition) is 3. The first-order chi connectivity index (χ1) is 13.9. The fraction of sp³-hybridized carbons (Fsp3) is 0.375. The Hall–Kier alpha value is -1.26. The minimum Gasteiger partial charge on any atom is -0.371 e. The van der Waals surface area contributed by atoms with Crippen molar-refractivity contribution in [3.8, 4) is 0 Å². The van der Waals surface area contributed by atoms with Gasteiger partial charge in [0.2, 0.25) is 0 Å². The predicted octanol–water partition coefficient (Wildman–Crippen LogP) is 8.43. The molecule has 0 aliphatic carbocycles. The van der Waals surface area contributed by atoms with Gasteiger partial charge in [-0.1, -0.05) is 92.5 Å². The molecule has 29 heavy (non-hydrogen) atoms. The summed E-state index contributed by atoms with van der Waals surface area (Å²) in [7, 11) is 0. The van der Waals surface area contributed by atoms with E-state index >= 15 is 0 Å². The van der Waals surface area contributed by atoms with Gasteiger partial charge in [-0.05, 0) is 43.0 Å². The molecule has 0 radical (unpaired) electrons. The molecule has 0 saturated heterocycles. The molecule has 0 aliphatic rings. The summed E-state index contributed by atoms with van der Waals surface area (Å²) < 4.78 is 5.95. The lowest BCUT2D eigenvalue weighted by Crippen LogP contribution is -2.11. The van der Waals surface area contributed by atoms with E-state index < -0.39 is 0 Å². The van der Waals surface area contributed by atoms with Gasteiger partial charge in [0.05, 0.1) is 18.9 Å². The minimum absolute atomic E-state index is 0.304. The first-order valence-electron chi connectivity index (χ1n) is 9.91. The highest BCUT2D eigenvalue weighted by Gasteiger charge is 2.11. The van der Waals surface area contributed by atoms with Crippen LogP contribution in [0, 0.1) is 5.92 Å². The van der Waals surface area contributed by atoms with Crippen molar-refractivity contribution < 1.29 is 4.74 Å². The number of thioether (sulfide) groups is 1. The van der Waals surface area contributed by atoms with Crippen LogP contribution in [0.1, 0.15) is 46.1 Å². The van der Waals surface area contributed by atoms with Gasteiger partial charge in [0.15, 0.2) is 0 Å². The number of halogens is 2. The molecule has 5 heteroatoms. The molecule has 0 unspecified atom stereocenters. The van der Waals surface area contributed by atoms with Crippen molar-refractivity contribution >= 4 is 40.7 Å². The fourth-order valence-corrected chi connectivity index (χ4v) is 4.68. The maximum Gasteiger partial charge on any atom is 0.0853 e. The molecular weight excluding hydrogens is 421 g/mol. The van der Waals surface area contributed by atoms with Crippen molar-refractivity contribution in [1.29, 1.82) is 0 Å². The molecule has 0 aromatic heterocycles. The Labute approximate surface area is 189 Å². The number of allylic oxidation sites excluding steroid dienone is 2. The summed E-state index contributed by atoms with van der Waals surface area (Å²) in [4.78, 5) is 7.19. The van der Waals surface area contributed by atoms with Gasteiger partial charge in [0.1, 0.15) is 0 Å². The molecule has 156 valence electrons. The Morgan fingerprint density at radius 1 is 1.07 bits per heavy atom. The van der Waals surface area contributed by atoms with Crippen molar-refractivity contribution in [2.45, 2.75) is 52.0 Å². The summed E-state index contributed by atoms with van der Waals surface area (Å²) in [5, 5.41) is 1.28. The Morgan fingerprint density at radius 2 is 1.72 bits per heavy atom. The second kappa shape index (κ2) is 12.4. The average Bonchev–Trinajstić information content (AvgIpc) is 2.65. The number of ether oxygens (including phenoxy) is 1. The molecular formula is C24H29Cl2NOS. The smallest absolute Gasteiger partial charge is 0.0853 e. The monoisotopic (exact) mass is 449 g/mol. The first-order valence-corrected chi connectivity index (χ1v) is 11.5. The van der Waals surface area contributed by atoms with Crippen LogP contribution in [0.3, 0.4) is 0 Å². The van der Waals surface area contributed by atoms with Crippen LogP contribution in [0.15, 0.2) is 69.0 Å². The number of benzene rings is 2. The van der Waals surface area contributed by atoms with E-state index in [1.807, 2.05) is 30.3 Å². The molecule has 2 aromatic carbocycles. The minimum atomic E-state index is 0.304. The van der Waals surface area contributed by atoms with Gasteiger partial charge in [0.25, 0.3) is 0 Å². The topological polar surface area (TPSA) is 21.6 Å². The summed E-state index contributed by atoms with van der Waals surface area (Å²) in [5.41, 5.74) is 3.33. The molecule has 2 nitrogen and oxygen atoms in total. The molecule has 2 rings (SSSR count). The lowest BCUT2D eigenvalue weighted by molar-refractivity contribution is 0.157. The molecule has 0 atom stereocenters. The van der Waals surface area contributed by atoms with Gasteiger partial charge >= 0.3 is 0 Å². The lowest BCUT2D eigenvalue weighted by atomic mass is 10.1. The maximum atomic E-state index is 6.15. The van der Waals surface area contributed by atoms with E-state index in [-0.39, 0.29) is 0 Å². The fourth-order valence-electron chi connectivity index (χ4n) is 2.91. The summed E-state index contributed by atoms with van der Waals surface area (Å²) in [6.07, 6.45) is 1.96. The van der Waals surface area contributed by atoms with E-state index in [0.717, 1.165) is 34.1 Å². The standard InChI is InChI=1S/C24H29Cl2NOS/c1-5-9-22(16-28-15-19-10-7-6-8-11-19)27-24(17(2)3)18(4)29-23-13-20(25)12-21(26)14-23/h6-8,10-14,17H,5,9,15-16H2,1-4H3/b24-18+,27-22?. The Bertz CT molecular complexity index is 827. The van der Waals surface area contributed by atoms with Crippen LogP contribution in [0.5, 0.6) is 0 Å². The second-order valence-corrected chi connectivity index (χ2v) is 9.37. The van der Waals surface area contributed by atoms with Gasteiger partial charge in [0, 0.05) is 25.6 Å². The Morgan fingerprint density at radius 3 is 2.31 bits per heavy atom. The molecule has 0 amide bonds. The molecule has 0 N–H and O–H groups in total. The van der Waals surface area contributed by atoms with Gasteiger partial charge in [-0.25, -0.2) is 0 Å². The quantitative estimate of drug-likeness (QED) is 0.268. The van der Waals surface area contributed by atoms with Crippen LogP contribution < -0.4 is 0 Å². The maximum absolute atomic E-state index is 6.15. The normalized spacial score (nSPS) is 13.0. The third-order valence-corrected chi connectivity index (χ3v) is 5.64. The van der Waals surface area contributed by atoms with E-state index in [0.29, 0.717) is 29.2 Å². The zero-order chi connectivity index (χ0) is 21.2. The zero-order valence-electron chi connectivity index (χ0n) is 17.5. The summed E-state index contributed by atoms with van der Waals surface area (Å²) in [5.74, 6) is 0.304. The van der Waals surface area contributed by atoms with Gasteiger partial charge in [-0.3, -0.25) is 4.99 Å². The first kappa shape index (κ1) is 24.0. The summed E-state index contributed by atoms with van der Waals surface area (Å²) >= 11 is 14.0. The third-order valence-electron chi connectivity index (χ3n) is 4.21. The number of nitrogens with zero attached hydrogens (tertiary/aromatic N) is 1. The Balaban J connectivity index is 2.17. The molecule has 0 spiro atoms. The third kappa shape index (κ3) is 8.55. The van der Waals surface area contributed by atoms with Crippen LogP contribution >= 0.6 is 35.0 Å². The van der Waals surface area contributed by atoms with E-state index in [1.54, 1.807) is 17.8 Å². The van der Waals surface area contributed by atoms with E-state index in [2.05, 4.69) is 39.8 Å². The van der Waals surface area contributed by atoms with Crippen LogP contribution in [0.4, 0.5) is 0 Å². The van der Waals surface area contributed by atoms with E-state index in [1.165, 1.54) is 5.56 Å². The van der Waals surface area contributed by atoms with Crippen molar-refractivity contribution in [3.05, 3.63) is 74.7 Å². The Kier molecular flexibility index (Phi) is 10.3. The SMILES string of the molecule is CCCC(COCc1ccccc1)=N/C(=C(\C)Sc1cc(Cl)cc(Cl)c1)C(C)C. The van der Waals surface area contributed by atoms with Crippen LogP contribution in [0.25, 0.3) is 0 Å². The molecule has 0 bridgehead atoms. The number of hydrogen-bond donors (Lipinski definition) is 0. The molecule has 0 saturated carbocycles. The molecule has 0 fully saturated rings. The number of aliphatic imine (C=N–C) groups is 1. The van der Waals surface area contributed by atoms with Crippen molar-refractivity contribution in [2.75, 3.05) is 6.61 Å². The lowest BCUT2D eigenvalue weighted by Gasteiger charge is -2.15. The van der Waals surface area contributed by atoms with Gasteiger partial charge in [-0.2, -0.15) is 0 Å². The molecule has 2 aromatic rings. The van der Waals surface area contributed by atoms with Crippen LogP contribution in [0.2, 0.25) is 10.0 Å². The van der Waals surface area contributed by atoms with Crippen molar-refractivity contribution in [3.63, 3.8) is 0 Å². The molecule has 0 aliphatic heterocycles. The van der Waals surface area contributed by atoms with Crippen LogP contribution in [-0.2, 0) is 11.3 Å². The van der Waals surface area contributed by atoms with Gasteiger partial charge < -0.3 is 4.74 Å². The summed E-state index contributed by atoms with van der Waals surface area (Å²) in [6.45, 7) is 9.75. The highest BCUT2D eigenvalue weighted by molar-refractivity contribution is 8.03. The van der Waals surface area contributed by atoms with E-state index in [4.69, 9.17) is 32.9 Å². The van der Waals surface area contributed by atoms with E-state index in [9.17, 15) is 0 Å². The largest absolute Gasteiger partial charge is 0.371 e. The predicted molar refractivity (Wildman–Crippen MR) is 128 cm³/mol. The molecule has 0 heterocycles. The summed E-state index contributed by atoms with van der Waals surface area (Å²) in [6, 6.07) is 15.8. The van der Waals surface area contributed by atoms with Crippen molar-refractivity contribution in [1.82, 2.24) is 0 Å². The van der Waals surface area contributed by atoms with Crippen molar-refractivity contribution in [2.24, 2.45) is 10.9 Å².